The van der Waals surface area contributed by atoms with E-state index in [4.69, 9.17) is 9.22 Å². The third kappa shape index (κ3) is 3.51. The zero-order chi connectivity index (χ0) is 19.5. The Kier molecular flexibility index (Phi) is 3.58. The minimum atomic E-state index is -2.75. The lowest BCUT2D eigenvalue weighted by Crippen LogP contribution is -2.26. The van der Waals surface area contributed by atoms with E-state index in [1.54, 1.807) is 0 Å². The van der Waals surface area contributed by atoms with Gasteiger partial charge >= 0.3 is 11.8 Å². The first-order valence-corrected chi connectivity index (χ1v) is 6.44. The summed E-state index contributed by atoms with van der Waals surface area (Å²) in [6, 6.07) is 2.24. The van der Waals surface area contributed by atoms with Gasteiger partial charge in [0.15, 0.2) is 5.69 Å². The topological polar surface area (TPSA) is 123 Å². The number of nitrogens with one attached hydrogen (secondary N) is 1. The SMILES string of the molecule is [2H]C([2H])([2H])n1ncc([N+](=O)[O-])c1-c1cc([C@H](CC=C)NC(=O)O)ccn1. The van der Waals surface area contributed by atoms with Crippen molar-refractivity contribution in [3.63, 3.8) is 0 Å². The normalized spacial score (nSPS) is 14.2. The summed E-state index contributed by atoms with van der Waals surface area (Å²) < 4.78 is 23.0. The maximum Gasteiger partial charge on any atom is 0.405 e. The highest BCUT2D eigenvalue weighted by molar-refractivity contribution is 5.68. The van der Waals surface area contributed by atoms with Crippen molar-refractivity contribution < 1.29 is 18.9 Å². The Morgan fingerprint density at radius 1 is 1.74 bits per heavy atom. The Hall–Kier alpha value is -3.23. The number of aromatic nitrogens is 3. The van der Waals surface area contributed by atoms with Crippen LogP contribution < -0.4 is 5.32 Å². The standard InChI is InChI=1S/C14H15N5O4/c1-3-4-10(17-14(20)21)9-5-6-15-11(7-9)13-12(19(22)23)8-16-18(13)2/h3,5-8,10,17H,1,4H2,2H3,(H,20,21)/t10-/m0/s1/i2D3. The summed E-state index contributed by atoms with van der Waals surface area (Å²) in [4.78, 5) is 25.5. The molecule has 2 N–H and O–H groups in total. The van der Waals surface area contributed by atoms with Gasteiger partial charge in [-0.2, -0.15) is 5.10 Å². The number of rotatable bonds is 6. The maximum atomic E-state index is 11.2. The van der Waals surface area contributed by atoms with Crippen LogP contribution in [0, 0.1) is 10.1 Å². The lowest BCUT2D eigenvalue weighted by molar-refractivity contribution is -0.384. The van der Waals surface area contributed by atoms with Crippen molar-refractivity contribution in [3.05, 3.63) is 52.9 Å². The third-order valence-electron chi connectivity index (χ3n) is 3.08. The van der Waals surface area contributed by atoms with Gasteiger partial charge in [-0.1, -0.05) is 6.08 Å². The Bertz CT molecular complexity index is 849. The fourth-order valence-corrected chi connectivity index (χ4v) is 2.10. The molecule has 9 heteroatoms. The van der Waals surface area contributed by atoms with Gasteiger partial charge in [0, 0.05) is 17.3 Å². The molecule has 2 aromatic rings. The largest absolute Gasteiger partial charge is 0.465 e. The molecule has 0 fully saturated rings. The molecule has 23 heavy (non-hydrogen) atoms. The van der Waals surface area contributed by atoms with Gasteiger partial charge in [-0.25, -0.2) is 4.79 Å². The van der Waals surface area contributed by atoms with Crippen molar-refractivity contribution in [1.29, 1.82) is 0 Å². The van der Waals surface area contributed by atoms with E-state index in [9.17, 15) is 14.9 Å². The lowest BCUT2D eigenvalue weighted by Gasteiger charge is -2.16. The van der Waals surface area contributed by atoms with Crippen molar-refractivity contribution in [3.8, 4) is 11.4 Å². The van der Waals surface area contributed by atoms with Crippen LogP contribution in [0.25, 0.3) is 11.4 Å². The van der Waals surface area contributed by atoms with E-state index in [1.165, 1.54) is 24.4 Å². The summed E-state index contributed by atoms with van der Waals surface area (Å²) >= 11 is 0. The van der Waals surface area contributed by atoms with E-state index in [0.717, 1.165) is 6.20 Å². The second-order valence-corrected chi connectivity index (χ2v) is 4.55. The summed E-state index contributed by atoms with van der Waals surface area (Å²) in [7, 11) is 0. The summed E-state index contributed by atoms with van der Waals surface area (Å²) in [5.74, 6) is 0. The average Bonchev–Trinajstić information content (AvgIpc) is 2.99. The molecule has 0 unspecified atom stereocenters. The highest BCUT2D eigenvalue weighted by Gasteiger charge is 2.23. The fraction of sp³-hybridized carbons (Fsp3) is 0.214. The van der Waals surface area contributed by atoms with Crippen LogP contribution in [0.15, 0.2) is 37.2 Å². The highest BCUT2D eigenvalue weighted by Crippen LogP contribution is 2.29. The number of hydrogen-bond donors (Lipinski definition) is 2. The number of pyridine rings is 1. The van der Waals surface area contributed by atoms with Gasteiger partial charge in [-0.05, 0) is 24.1 Å². The van der Waals surface area contributed by atoms with Crippen LogP contribution in [0.3, 0.4) is 0 Å². The molecule has 0 aliphatic heterocycles. The first-order valence-electron chi connectivity index (χ1n) is 7.94. The zero-order valence-corrected chi connectivity index (χ0v) is 11.8. The Morgan fingerprint density at radius 3 is 3.13 bits per heavy atom. The van der Waals surface area contributed by atoms with E-state index < -0.39 is 29.7 Å². The van der Waals surface area contributed by atoms with Gasteiger partial charge in [0.25, 0.3) is 0 Å². The van der Waals surface area contributed by atoms with Crippen molar-refractivity contribution in [2.75, 3.05) is 0 Å². The van der Waals surface area contributed by atoms with Crippen LogP contribution in [0.1, 0.15) is 22.1 Å². The maximum absolute atomic E-state index is 11.2. The van der Waals surface area contributed by atoms with Crippen LogP contribution in [0.2, 0.25) is 0 Å². The molecule has 0 radical (unpaired) electrons. The molecule has 2 rings (SSSR count). The highest BCUT2D eigenvalue weighted by atomic mass is 16.6. The van der Waals surface area contributed by atoms with Crippen molar-refractivity contribution in [2.45, 2.75) is 12.5 Å². The molecule has 0 aliphatic rings. The third-order valence-corrected chi connectivity index (χ3v) is 3.08. The molecule has 0 aromatic carbocycles. The molecule has 2 aromatic heterocycles. The molecular formula is C14H15N5O4. The molecular weight excluding hydrogens is 302 g/mol. The number of amides is 1. The summed E-state index contributed by atoms with van der Waals surface area (Å²) in [6.45, 7) is 0.814. The number of carboxylic acid groups (broad SMARTS) is 1. The average molecular weight is 320 g/mol. The van der Waals surface area contributed by atoms with E-state index in [2.05, 4.69) is 22.0 Å². The van der Waals surface area contributed by atoms with E-state index >= 15 is 0 Å². The minimum Gasteiger partial charge on any atom is -0.465 e. The molecule has 9 nitrogen and oxygen atoms in total. The molecule has 120 valence electrons. The van der Waals surface area contributed by atoms with E-state index in [1.807, 2.05) is 0 Å². The summed E-state index contributed by atoms with van der Waals surface area (Å²) in [5, 5.41) is 26.1. The first-order chi connectivity index (χ1) is 12.1. The molecule has 2 heterocycles. The molecule has 0 spiro atoms. The van der Waals surface area contributed by atoms with Gasteiger partial charge in [0.2, 0.25) is 0 Å². The lowest BCUT2D eigenvalue weighted by atomic mass is 10.0. The summed E-state index contributed by atoms with van der Waals surface area (Å²) in [5.41, 5.74) is -0.365. The predicted molar refractivity (Wildman–Crippen MR) is 81.8 cm³/mol. The smallest absolute Gasteiger partial charge is 0.405 e. The van der Waals surface area contributed by atoms with Crippen LogP contribution in [0.4, 0.5) is 10.5 Å². The minimum absolute atomic E-state index is 0.0101. The molecule has 1 amide bonds. The Balaban J connectivity index is 2.60. The van der Waals surface area contributed by atoms with Gasteiger partial charge < -0.3 is 10.4 Å². The van der Waals surface area contributed by atoms with Crippen LogP contribution in [-0.2, 0) is 6.98 Å². The van der Waals surface area contributed by atoms with Gasteiger partial charge in [-0.15, -0.1) is 6.58 Å². The van der Waals surface area contributed by atoms with Crippen molar-refractivity contribution >= 4 is 11.8 Å². The van der Waals surface area contributed by atoms with Crippen molar-refractivity contribution in [1.82, 2.24) is 20.1 Å². The van der Waals surface area contributed by atoms with Crippen molar-refractivity contribution in [2.24, 2.45) is 6.98 Å². The number of carbonyl (C=O) groups is 1. The molecule has 0 bridgehead atoms. The van der Waals surface area contributed by atoms with Crippen LogP contribution in [0.5, 0.6) is 0 Å². The number of aryl methyl sites for hydroxylation is 1. The molecule has 1 atom stereocenters. The predicted octanol–water partition coefficient (Wildman–Crippen LogP) is 2.28. The molecule has 0 saturated heterocycles. The van der Waals surface area contributed by atoms with Gasteiger partial charge in [0.1, 0.15) is 6.20 Å². The Morgan fingerprint density at radius 2 is 2.52 bits per heavy atom. The number of nitro groups is 1. The first kappa shape index (κ1) is 12.3. The van der Waals surface area contributed by atoms with Gasteiger partial charge in [-0.3, -0.25) is 19.8 Å². The number of hydrogen-bond acceptors (Lipinski definition) is 5. The second kappa shape index (κ2) is 6.69. The molecule has 0 saturated carbocycles. The molecule has 0 aliphatic carbocycles. The van der Waals surface area contributed by atoms with Crippen LogP contribution >= 0.6 is 0 Å². The van der Waals surface area contributed by atoms with E-state index in [-0.39, 0.29) is 17.8 Å². The fourth-order valence-electron chi connectivity index (χ4n) is 2.10. The van der Waals surface area contributed by atoms with E-state index in [0.29, 0.717) is 10.2 Å². The monoisotopic (exact) mass is 320 g/mol. The quantitative estimate of drug-likeness (QED) is 0.478. The summed E-state index contributed by atoms with van der Waals surface area (Å²) in [6.07, 6.45) is 2.66. The number of nitrogens with zero attached hydrogens (tertiary/aromatic N) is 4. The Labute approximate surface area is 135 Å². The van der Waals surface area contributed by atoms with Crippen LogP contribution in [-0.4, -0.2) is 30.9 Å². The zero-order valence-electron chi connectivity index (χ0n) is 14.8. The second-order valence-electron chi connectivity index (χ2n) is 4.55. The van der Waals surface area contributed by atoms with Gasteiger partial charge in [0.05, 0.1) is 16.7 Å².